The molecule has 1 N–H and O–H groups in total. The molecular formula is C28H28NO5PS. The molecule has 0 heterocycles. The molecule has 4 aromatic carbocycles. The molecule has 0 fully saturated rings. The second-order valence-electron chi connectivity index (χ2n) is 8.24. The van der Waals surface area contributed by atoms with Gasteiger partial charge in [-0.15, -0.1) is 0 Å². The van der Waals surface area contributed by atoms with E-state index in [4.69, 9.17) is 9.47 Å². The van der Waals surface area contributed by atoms with E-state index in [1.165, 1.54) is 6.07 Å². The van der Waals surface area contributed by atoms with E-state index in [9.17, 15) is 13.0 Å². The molecule has 0 bridgehead atoms. The lowest BCUT2D eigenvalue weighted by Gasteiger charge is -2.25. The smallest absolute Gasteiger partial charge is 0.295 e. The number of nitrogens with zero attached hydrogens (tertiary/aromatic N) is 1. The van der Waals surface area contributed by atoms with Crippen molar-refractivity contribution in [2.24, 2.45) is 0 Å². The fraction of sp³-hybridized carbons (Fsp3) is 0.143. The molecule has 1 atom stereocenters. The van der Waals surface area contributed by atoms with Crippen LogP contribution in [0.15, 0.2) is 95.9 Å². The van der Waals surface area contributed by atoms with Gasteiger partial charge in [-0.05, 0) is 54.4 Å². The van der Waals surface area contributed by atoms with E-state index < -0.39 is 18.0 Å². The predicted octanol–water partition coefficient (Wildman–Crippen LogP) is 4.44. The first-order valence-electron chi connectivity index (χ1n) is 11.2. The van der Waals surface area contributed by atoms with Crippen LogP contribution in [-0.4, -0.2) is 41.3 Å². The molecule has 4 rings (SSSR count). The Morgan fingerprint density at radius 2 is 1.28 bits per heavy atom. The van der Waals surface area contributed by atoms with Crippen LogP contribution in [0.3, 0.4) is 0 Å². The van der Waals surface area contributed by atoms with E-state index in [0.717, 1.165) is 27.4 Å². The third-order valence-corrected chi connectivity index (χ3v) is 9.47. The van der Waals surface area contributed by atoms with Gasteiger partial charge in [0.25, 0.3) is 10.1 Å². The van der Waals surface area contributed by atoms with Crippen LogP contribution in [0.25, 0.3) is 11.1 Å². The van der Waals surface area contributed by atoms with Crippen LogP contribution >= 0.6 is 7.92 Å². The third kappa shape index (κ3) is 5.09. The van der Waals surface area contributed by atoms with Crippen LogP contribution in [0.5, 0.6) is 11.5 Å². The highest BCUT2D eigenvalue weighted by atomic mass is 32.2. The summed E-state index contributed by atoms with van der Waals surface area (Å²) in [6, 6.07) is 28.1. The van der Waals surface area contributed by atoms with E-state index >= 15 is 0 Å². The maximum atomic E-state index is 12.4. The molecule has 0 saturated heterocycles. The number of methoxy groups -OCH3 is 2. The molecule has 186 valence electrons. The standard InChI is InChI=1S/C28H28NO5PS/c1-29(2)20-16-18-21(19-17-20)35(26-14-7-8-15-27(26)36(30,31)32)25-13-6-5-10-22(25)28-23(33-3)11-9-12-24(28)34-4/h5-19H,1-4H3,(H,30,31,32). The van der Waals surface area contributed by atoms with Crippen molar-refractivity contribution in [2.75, 3.05) is 33.2 Å². The van der Waals surface area contributed by atoms with Gasteiger partial charge in [-0.1, -0.05) is 60.7 Å². The minimum Gasteiger partial charge on any atom is -0.496 e. The first kappa shape index (κ1) is 25.7. The molecule has 0 aliphatic heterocycles. The Balaban J connectivity index is 2.06. The van der Waals surface area contributed by atoms with Crippen molar-refractivity contribution in [1.82, 2.24) is 0 Å². The SMILES string of the molecule is COc1cccc(OC)c1-c1ccccc1P(c1ccc(N(C)C)cc1)c1ccccc1S(=O)(=O)O. The first-order chi connectivity index (χ1) is 17.3. The summed E-state index contributed by atoms with van der Waals surface area (Å²) in [5.74, 6) is 1.28. The molecule has 0 aromatic heterocycles. The highest BCUT2D eigenvalue weighted by molar-refractivity contribution is 7.88. The first-order valence-corrected chi connectivity index (χ1v) is 14.0. The average molecular weight is 522 g/mol. The zero-order chi connectivity index (χ0) is 25.9. The van der Waals surface area contributed by atoms with Crippen molar-refractivity contribution < 1.29 is 22.4 Å². The monoisotopic (exact) mass is 521 g/mol. The second kappa shape index (κ2) is 10.7. The molecule has 0 aliphatic rings. The number of hydrogen-bond donors (Lipinski definition) is 1. The Kier molecular flexibility index (Phi) is 7.65. The summed E-state index contributed by atoms with van der Waals surface area (Å²) in [5, 5.41) is 2.38. The van der Waals surface area contributed by atoms with Crippen LogP contribution in [0.1, 0.15) is 0 Å². The molecule has 0 aliphatic carbocycles. The lowest BCUT2D eigenvalue weighted by atomic mass is 10.0. The molecule has 6 nitrogen and oxygen atoms in total. The average Bonchev–Trinajstić information content (AvgIpc) is 2.88. The Morgan fingerprint density at radius 3 is 1.83 bits per heavy atom. The van der Waals surface area contributed by atoms with Gasteiger partial charge in [-0.3, -0.25) is 4.55 Å². The molecule has 8 heteroatoms. The summed E-state index contributed by atoms with van der Waals surface area (Å²) in [6.07, 6.45) is 0. The molecule has 4 aromatic rings. The van der Waals surface area contributed by atoms with Gasteiger partial charge in [0.05, 0.1) is 19.8 Å². The minimum atomic E-state index is -4.46. The summed E-state index contributed by atoms with van der Waals surface area (Å²) in [6.45, 7) is 0. The van der Waals surface area contributed by atoms with Crippen molar-refractivity contribution in [3.63, 3.8) is 0 Å². The number of ether oxygens (including phenoxy) is 2. The van der Waals surface area contributed by atoms with Crippen molar-refractivity contribution in [2.45, 2.75) is 4.90 Å². The van der Waals surface area contributed by atoms with E-state index in [2.05, 4.69) is 0 Å². The molecular weight excluding hydrogens is 493 g/mol. The van der Waals surface area contributed by atoms with Crippen molar-refractivity contribution >= 4 is 39.6 Å². The van der Waals surface area contributed by atoms with E-state index in [1.54, 1.807) is 32.4 Å². The predicted molar refractivity (Wildman–Crippen MR) is 148 cm³/mol. The Morgan fingerprint density at radius 1 is 0.722 bits per heavy atom. The van der Waals surface area contributed by atoms with E-state index in [1.807, 2.05) is 85.7 Å². The summed E-state index contributed by atoms with van der Waals surface area (Å²) in [7, 11) is 1.28. The highest BCUT2D eigenvalue weighted by Crippen LogP contribution is 2.44. The number of benzene rings is 4. The topological polar surface area (TPSA) is 76.1 Å². The summed E-state index contributed by atoms with van der Waals surface area (Å²) < 4.78 is 46.4. The Labute approximate surface area is 213 Å². The molecule has 0 radical (unpaired) electrons. The second-order valence-corrected chi connectivity index (χ2v) is 11.8. The molecule has 0 saturated carbocycles. The van der Waals surface area contributed by atoms with Crippen molar-refractivity contribution in [3.05, 3.63) is 91.0 Å². The highest BCUT2D eigenvalue weighted by Gasteiger charge is 2.28. The Hall–Kier alpha value is -3.38. The molecule has 36 heavy (non-hydrogen) atoms. The van der Waals surface area contributed by atoms with Crippen LogP contribution < -0.4 is 30.3 Å². The van der Waals surface area contributed by atoms with E-state index in [-0.39, 0.29) is 4.90 Å². The van der Waals surface area contributed by atoms with Crippen LogP contribution in [-0.2, 0) is 10.1 Å². The van der Waals surface area contributed by atoms with Crippen LogP contribution in [0, 0.1) is 0 Å². The zero-order valence-electron chi connectivity index (χ0n) is 20.5. The fourth-order valence-corrected chi connectivity index (χ4v) is 7.82. The van der Waals surface area contributed by atoms with Crippen molar-refractivity contribution in [1.29, 1.82) is 0 Å². The van der Waals surface area contributed by atoms with Gasteiger partial charge in [-0.2, -0.15) is 8.42 Å². The maximum Gasteiger partial charge on any atom is 0.295 e. The molecule has 0 amide bonds. The lowest BCUT2D eigenvalue weighted by molar-refractivity contribution is 0.397. The largest absolute Gasteiger partial charge is 0.496 e. The van der Waals surface area contributed by atoms with E-state index in [0.29, 0.717) is 16.8 Å². The third-order valence-electron chi connectivity index (χ3n) is 5.85. The van der Waals surface area contributed by atoms with Gasteiger partial charge in [0.15, 0.2) is 0 Å². The van der Waals surface area contributed by atoms with Gasteiger partial charge < -0.3 is 14.4 Å². The fourth-order valence-electron chi connectivity index (χ4n) is 4.16. The van der Waals surface area contributed by atoms with Gasteiger partial charge in [-0.25, -0.2) is 0 Å². The minimum absolute atomic E-state index is 0.102. The van der Waals surface area contributed by atoms with Gasteiger partial charge in [0.2, 0.25) is 0 Å². The van der Waals surface area contributed by atoms with Crippen molar-refractivity contribution in [3.8, 4) is 22.6 Å². The van der Waals surface area contributed by atoms with Gasteiger partial charge in [0.1, 0.15) is 16.4 Å². The molecule has 0 spiro atoms. The van der Waals surface area contributed by atoms with Crippen LogP contribution in [0.4, 0.5) is 5.69 Å². The zero-order valence-corrected chi connectivity index (χ0v) is 22.3. The lowest BCUT2D eigenvalue weighted by Crippen LogP contribution is -2.26. The van der Waals surface area contributed by atoms with Gasteiger partial charge in [0, 0.05) is 25.1 Å². The summed E-state index contributed by atoms with van der Waals surface area (Å²) >= 11 is 0. The normalized spacial score (nSPS) is 12.1. The Bertz CT molecular complexity index is 1450. The maximum absolute atomic E-state index is 12.4. The number of rotatable bonds is 8. The summed E-state index contributed by atoms with van der Waals surface area (Å²) in [5.41, 5.74) is 2.66. The van der Waals surface area contributed by atoms with Crippen LogP contribution in [0.2, 0.25) is 0 Å². The van der Waals surface area contributed by atoms with Gasteiger partial charge >= 0.3 is 0 Å². The molecule has 1 unspecified atom stereocenters. The number of hydrogen-bond acceptors (Lipinski definition) is 5. The number of anilines is 1. The summed E-state index contributed by atoms with van der Waals surface area (Å²) in [4.78, 5) is 1.90. The quantitative estimate of drug-likeness (QED) is 0.273.